The highest BCUT2D eigenvalue weighted by Crippen LogP contribution is 2.26. The van der Waals surface area contributed by atoms with Crippen molar-refractivity contribution in [2.24, 2.45) is 16.8 Å². The molecule has 0 aliphatic carbocycles. The summed E-state index contributed by atoms with van der Waals surface area (Å²) in [4.78, 5) is 11.9. The first-order valence-corrected chi connectivity index (χ1v) is 6.50. The van der Waals surface area contributed by atoms with Crippen LogP contribution in [0, 0.1) is 5.92 Å². The second-order valence-corrected chi connectivity index (χ2v) is 5.57. The Balaban J connectivity index is 2.57. The lowest BCUT2D eigenvalue weighted by atomic mass is 10.0. The molecule has 0 aromatic heterocycles. The molecule has 16 heavy (non-hydrogen) atoms. The van der Waals surface area contributed by atoms with Gasteiger partial charge in [-0.25, -0.2) is 0 Å². The quantitative estimate of drug-likeness (QED) is 0.295. The van der Waals surface area contributed by atoms with Gasteiger partial charge in [-0.15, -0.1) is 11.8 Å². The molecule has 0 radical (unpaired) electrons. The minimum absolute atomic E-state index is 0.00667. The van der Waals surface area contributed by atoms with E-state index in [1.807, 2.05) is 13.8 Å². The Kier molecular flexibility index (Phi) is 4.92. The van der Waals surface area contributed by atoms with Crippen LogP contribution in [0.4, 0.5) is 0 Å². The topological polar surface area (TPSA) is 87.7 Å². The van der Waals surface area contributed by atoms with Crippen molar-refractivity contribution in [1.82, 2.24) is 5.32 Å². The lowest BCUT2D eigenvalue weighted by Crippen LogP contribution is -2.50. The van der Waals surface area contributed by atoms with E-state index in [2.05, 4.69) is 10.5 Å². The van der Waals surface area contributed by atoms with Gasteiger partial charge >= 0.3 is 0 Å². The Morgan fingerprint density at radius 2 is 2.31 bits per heavy atom. The van der Waals surface area contributed by atoms with E-state index in [-0.39, 0.29) is 22.9 Å². The zero-order valence-electron chi connectivity index (χ0n) is 9.64. The summed E-state index contributed by atoms with van der Waals surface area (Å²) in [6.45, 7) is 3.84. The van der Waals surface area contributed by atoms with Gasteiger partial charge in [0, 0.05) is 0 Å². The van der Waals surface area contributed by atoms with E-state index in [1.165, 1.54) is 0 Å². The van der Waals surface area contributed by atoms with Gasteiger partial charge in [0.2, 0.25) is 5.91 Å². The van der Waals surface area contributed by atoms with Crippen LogP contribution >= 0.6 is 11.8 Å². The molecule has 6 heteroatoms. The number of carbonyl (C=O) groups excluding carboxylic acids is 1. The summed E-state index contributed by atoms with van der Waals surface area (Å²) in [5, 5.41) is 14.5. The van der Waals surface area contributed by atoms with E-state index in [1.54, 1.807) is 11.8 Å². The van der Waals surface area contributed by atoms with Crippen LogP contribution in [0.25, 0.3) is 0 Å². The minimum Gasteiger partial charge on any atom is -0.409 e. The predicted octanol–water partition coefficient (Wildman–Crippen LogP) is 0.769. The average molecular weight is 245 g/mol. The molecule has 1 aliphatic heterocycles. The fraction of sp³-hybridized carbons (Fsp3) is 0.800. The molecule has 1 aliphatic rings. The number of nitrogens with zero attached hydrogens (tertiary/aromatic N) is 1. The highest BCUT2D eigenvalue weighted by molar-refractivity contribution is 8.00. The monoisotopic (exact) mass is 245 g/mol. The SMILES string of the molecule is CC(C)C(NC(=O)C1CCCS1)C(N)=NO. The maximum absolute atomic E-state index is 11.9. The molecule has 2 unspecified atom stereocenters. The van der Waals surface area contributed by atoms with Crippen molar-refractivity contribution in [2.45, 2.75) is 38.0 Å². The number of rotatable bonds is 4. The molecule has 92 valence electrons. The second-order valence-electron chi connectivity index (χ2n) is 4.26. The summed E-state index contributed by atoms with van der Waals surface area (Å²) in [6.07, 6.45) is 2.00. The van der Waals surface area contributed by atoms with Crippen LogP contribution in [0.15, 0.2) is 5.16 Å². The third kappa shape index (κ3) is 3.30. The van der Waals surface area contributed by atoms with Crippen molar-refractivity contribution in [2.75, 3.05) is 5.75 Å². The van der Waals surface area contributed by atoms with Crippen molar-refractivity contribution in [1.29, 1.82) is 0 Å². The Morgan fingerprint density at radius 1 is 1.62 bits per heavy atom. The summed E-state index contributed by atoms with van der Waals surface area (Å²) in [5.74, 6) is 1.19. The van der Waals surface area contributed by atoms with E-state index in [9.17, 15) is 4.79 Å². The number of nitrogens with one attached hydrogen (secondary N) is 1. The molecule has 2 atom stereocenters. The van der Waals surface area contributed by atoms with Crippen LogP contribution in [0.1, 0.15) is 26.7 Å². The molecule has 1 saturated heterocycles. The van der Waals surface area contributed by atoms with Gasteiger partial charge in [0.15, 0.2) is 5.84 Å². The summed E-state index contributed by atoms with van der Waals surface area (Å²) in [7, 11) is 0. The Morgan fingerprint density at radius 3 is 2.75 bits per heavy atom. The lowest BCUT2D eigenvalue weighted by Gasteiger charge is -2.22. The Labute approximate surface area is 99.8 Å². The molecule has 0 bridgehead atoms. The number of oxime groups is 1. The van der Waals surface area contributed by atoms with Crippen LogP contribution in [0.3, 0.4) is 0 Å². The molecule has 1 fully saturated rings. The van der Waals surface area contributed by atoms with Gasteiger partial charge in [-0.1, -0.05) is 19.0 Å². The number of carbonyl (C=O) groups is 1. The number of nitrogens with two attached hydrogens (primary N) is 1. The first-order valence-electron chi connectivity index (χ1n) is 5.45. The van der Waals surface area contributed by atoms with Gasteiger partial charge in [0.1, 0.15) is 0 Å². The largest absolute Gasteiger partial charge is 0.409 e. The average Bonchev–Trinajstić information content (AvgIpc) is 2.77. The second kappa shape index (κ2) is 5.98. The molecular weight excluding hydrogens is 226 g/mol. The standard InChI is InChI=1S/C10H19N3O2S/c1-6(2)8(9(11)13-15)12-10(14)7-4-3-5-16-7/h6-8,15H,3-5H2,1-2H3,(H2,11,13)(H,12,14). The highest BCUT2D eigenvalue weighted by atomic mass is 32.2. The number of hydrogen-bond donors (Lipinski definition) is 3. The smallest absolute Gasteiger partial charge is 0.233 e. The molecule has 1 amide bonds. The molecular formula is C10H19N3O2S. The maximum Gasteiger partial charge on any atom is 0.233 e. The fourth-order valence-electron chi connectivity index (χ4n) is 1.67. The summed E-state index contributed by atoms with van der Waals surface area (Å²) < 4.78 is 0. The fourth-order valence-corrected chi connectivity index (χ4v) is 2.85. The molecule has 1 heterocycles. The number of thioether (sulfide) groups is 1. The van der Waals surface area contributed by atoms with E-state index >= 15 is 0 Å². The summed E-state index contributed by atoms with van der Waals surface area (Å²) in [6, 6.07) is -0.390. The van der Waals surface area contributed by atoms with Crippen LogP contribution in [0.5, 0.6) is 0 Å². The normalized spacial score (nSPS) is 23.4. The molecule has 1 rings (SSSR count). The third-order valence-corrected chi connectivity index (χ3v) is 4.00. The minimum atomic E-state index is -0.390. The van der Waals surface area contributed by atoms with Crippen molar-refractivity contribution >= 4 is 23.5 Å². The van der Waals surface area contributed by atoms with Crippen LogP contribution in [0.2, 0.25) is 0 Å². The summed E-state index contributed by atoms with van der Waals surface area (Å²) in [5.41, 5.74) is 5.54. The zero-order chi connectivity index (χ0) is 12.1. The molecule has 0 saturated carbocycles. The van der Waals surface area contributed by atoms with Gasteiger partial charge in [0.25, 0.3) is 0 Å². The van der Waals surface area contributed by atoms with Gasteiger partial charge < -0.3 is 16.3 Å². The van der Waals surface area contributed by atoms with Crippen LogP contribution in [-0.2, 0) is 4.79 Å². The van der Waals surface area contributed by atoms with Crippen molar-refractivity contribution in [3.8, 4) is 0 Å². The van der Waals surface area contributed by atoms with Gasteiger partial charge in [0.05, 0.1) is 11.3 Å². The van der Waals surface area contributed by atoms with E-state index in [4.69, 9.17) is 10.9 Å². The Hall–Kier alpha value is -0.910. The molecule has 4 N–H and O–H groups in total. The number of hydrogen-bond acceptors (Lipinski definition) is 4. The number of amidine groups is 1. The van der Waals surface area contributed by atoms with Gasteiger partial charge in [-0.2, -0.15) is 0 Å². The van der Waals surface area contributed by atoms with E-state index < -0.39 is 6.04 Å². The highest BCUT2D eigenvalue weighted by Gasteiger charge is 2.27. The van der Waals surface area contributed by atoms with Crippen LogP contribution in [-0.4, -0.2) is 34.0 Å². The molecule has 0 spiro atoms. The van der Waals surface area contributed by atoms with E-state index in [0.717, 1.165) is 18.6 Å². The maximum atomic E-state index is 11.9. The van der Waals surface area contributed by atoms with Crippen LogP contribution < -0.4 is 11.1 Å². The first-order chi connectivity index (χ1) is 7.56. The lowest BCUT2D eigenvalue weighted by molar-refractivity contribution is -0.121. The van der Waals surface area contributed by atoms with Crippen molar-refractivity contribution < 1.29 is 10.0 Å². The van der Waals surface area contributed by atoms with Crippen molar-refractivity contribution in [3.63, 3.8) is 0 Å². The first kappa shape index (κ1) is 13.2. The molecule has 0 aromatic rings. The number of amides is 1. The molecule has 0 aromatic carbocycles. The zero-order valence-corrected chi connectivity index (χ0v) is 10.5. The van der Waals surface area contributed by atoms with E-state index in [0.29, 0.717) is 0 Å². The summed E-state index contributed by atoms with van der Waals surface area (Å²) >= 11 is 1.67. The van der Waals surface area contributed by atoms with Gasteiger partial charge in [-0.05, 0) is 24.5 Å². The van der Waals surface area contributed by atoms with Gasteiger partial charge in [-0.3, -0.25) is 4.79 Å². The Bertz CT molecular complexity index is 275. The molecule has 5 nitrogen and oxygen atoms in total. The predicted molar refractivity (Wildman–Crippen MR) is 65.7 cm³/mol. The van der Waals surface area contributed by atoms with Crippen molar-refractivity contribution in [3.05, 3.63) is 0 Å². The third-order valence-electron chi connectivity index (χ3n) is 2.62.